The minimum absolute atomic E-state index is 0.0102. The molecular weight excluding hydrogens is 372 g/mol. The van der Waals surface area contributed by atoms with Crippen LogP contribution >= 0.6 is 0 Å². The second-order valence-electron chi connectivity index (χ2n) is 7.96. The molecule has 1 heterocycles. The molecule has 1 aliphatic carbocycles. The van der Waals surface area contributed by atoms with E-state index in [9.17, 15) is 19.5 Å². The van der Waals surface area contributed by atoms with Crippen molar-refractivity contribution in [3.05, 3.63) is 35.9 Å². The summed E-state index contributed by atoms with van der Waals surface area (Å²) in [5, 5.41) is 12.9. The lowest BCUT2D eigenvalue weighted by atomic mass is 9.73. The van der Waals surface area contributed by atoms with Crippen LogP contribution in [0.15, 0.2) is 30.3 Å². The fourth-order valence-corrected chi connectivity index (χ4v) is 4.75. The Bertz CT molecular complexity index is 717. The average Bonchev–Trinajstić information content (AvgIpc) is 3.20. The van der Waals surface area contributed by atoms with Crippen LogP contribution in [0.25, 0.3) is 0 Å². The summed E-state index contributed by atoms with van der Waals surface area (Å²) in [5.41, 5.74) is -0.194. The number of esters is 1. The first-order valence-electron chi connectivity index (χ1n) is 10.5. The van der Waals surface area contributed by atoms with E-state index >= 15 is 0 Å². The molecule has 1 aromatic carbocycles. The maximum absolute atomic E-state index is 12.8. The van der Waals surface area contributed by atoms with E-state index < -0.39 is 17.5 Å². The Morgan fingerprint density at radius 2 is 1.79 bits per heavy atom. The molecule has 1 aliphatic heterocycles. The number of hydrogen-bond acceptors (Lipinski definition) is 5. The smallest absolute Gasteiger partial charge is 0.329 e. The Morgan fingerprint density at radius 1 is 1.07 bits per heavy atom. The molecule has 1 aromatic rings. The van der Waals surface area contributed by atoms with Gasteiger partial charge in [0.2, 0.25) is 5.91 Å². The van der Waals surface area contributed by atoms with Gasteiger partial charge in [-0.25, -0.2) is 4.79 Å². The van der Waals surface area contributed by atoms with Crippen LogP contribution in [-0.2, 0) is 25.7 Å². The van der Waals surface area contributed by atoms with E-state index in [4.69, 9.17) is 4.74 Å². The molecule has 0 bridgehead atoms. The van der Waals surface area contributed by atoms with Crippen LogP contribution in [0, 0.1) is 5.92 Å². The molecular formula is C22H30N2O5. The second-order valence-corrected chi connectivity index (χ2v) is 7.96. The average molecular weight is 402 g/mol. The largest absolute Gasteiger partial charge is 0.479 e. The van der Waals surface area contributed by atoms with Crippen LogP contribution in [0.1, 0.15) is 50.5 Å². The first-order chi connectivity index (χ1) is 14.0. The number of amides is 1. The van der Waals surface area contributed by atoms with Crippen molar-refractivity contribution in [2.45, 2.75) is 57.1 Å². The van der Waals surface area contributed by atoms with Gasteiger partial charge in [0.25, 0.3) is 0 Å². The van der Waals surface area contributed by atoms with Crippen LogP contribution < -0.4 is 5.32 Å². The standard InChI is InChI=1S/C22H30N2O5/c25-19(14-23-15-20(26)29-16-17-8-3-1-4-9-17)24-13-7-12-22(24,21(27)28)18-10-5-2-6-11-18/h1,3-4,8-9,18,23H,2,5-7,10-16H2,(H,27,28)/t22-/m1/s1. The lowest BCUT2D eigenvalue weighted by Gasteiger charge is -2.42. The Morgan fingerprint density at radius 3 is 2.48 bits per heavy atom. The molecule has 29 heavy (non-hydrogen) atoms. The maximum Gasteiger partial charge on any atom is 0.329 e. The number of benzene rings is 1. The second kappa shape index (κ2) is 9.87. The maximum atomic E-state index is 12.8. The van der Waals surface area contributed by atoms with E-state index in [2.05, 4.69) is 5.32 Å². The van der Waals surface area contributed by atoms with E-state index in [1.807, 2.05) is 30.3 Å². The zero-order valence-corrected chi connectivity index (χ0v) is 16.8. The number of carbonyl (C=O) groups excluding carboxylic acids is 2. The van der Waals surface area contributed by atoms with Crippen molar-refractivity contribution >= 4 is 17.8 Å². The Kier molecular flexibility index (Phi) is 7.25. The molecule has 158 valence electrons. The molecule has 0 unspecified atom stereocenters. The van der Waals surface area contributed by atoms with Crippen LogP contribution in [0.3, 0.4) is 0 Å². The van der Waals surface area contributed by atoms with Gasteiger partial charge in [0.05, 0.1) is 13.1 Å². The highest BCUT2D eigenvalue weighted by molar-refractivity contribution is 5.89. The third-order valence-corrected chi connectivity index (χ3v) is 6.16. The lowest BCUT2D eigenvalue weighted by molar-refractivity contribution is -0.161. The number of carboxylic acids is 1. The highest BCUT2D eigenvalue weighted by atomic mass is 16.5. The van der Waals surface area contributed by atoms with Gasteiger partial charge in [0.15, 0.2) is 0 Å². The highest BCUT2D eigenvalue weighted by Crippen LogP contribution is 2.43. The number of nitrogens with one attached hydrogen (secondary N) is 1. The molecule has 3 rings (SSSR count). The number of rotatable bonds is 8. The van der Waals surface area contributed by atoms with Crippen molar-refractivity contribution in [2.75, 3.05) is 19.6 Å². The van der Waals surface area contributed by atoms with E-state index in [-0.39, 0.29) is 31.5 Å². The van der Waals surface area contributed by atoms with Crippen molar-refractivity contribution in [3.8, 4) is 0 Å². The molecule has 1 saturated carbocycles. The van der Waals surface area contributed by atoms with Gasteiger partial charge >= 0.3 is 11.9 Å². The third kappa shape index (κ3) is 4.96. The Balaban J connectivity index is 1.51. The number of aliphatic carboxylic acids is 1. The van der Waals surface area contributed by atoms with E-state index in [0.29, 0.717) is 19.4 Å². The zero-order chi connectivity index (χ0) is 20.7. The molecule has 2 aliphatic rings. The highest BCUT2D eigenvalue weighted by Gasteiger charge is 2.54. The summed E-state index contributed by atoms with van der Waals surface area (Å²) in [6.45, 7) is 0.491. The molecule has 2 N–H and O–H groups in total. The van der Waals surface area contributed by atoms with Gasteiger partial charge in [-0.15, -0.1) is 0 Å². The summed E-state index contributed by atoms with van der Waals surface area (Å²) in [4.78, 5) is 38.5. The molecule has 1 saturated heterocycles. The van der Waals surface area contributed by atoms with E-state index in [1.54, 1.807) is 4.90 Å². The Hall–Kier alpha value is -2.41. The van der Waals surface area contributed by atoms with Gasteiger partial charge < -0.3 is 14.7 Å². The Labute approximate surface area is 171 Å². The quantitative estimate of drug-likeness (QED) is 0.648. The number of hydrogen-bond donors (Lipinski definition) is 2. The topological polar surface area (TPSA) is 95.9 Å². The van der Waals surface area contributed by atoms with Gasteiger partial charge in [-0.2, -0.15) is 0 Å². The first-order valence-corrected chi connectivity index (χ1v) is 10.5. The summed E-state index contributed by atoms with van der Waals surface area (Å²) in [6, 6.07) is 9.37. The van der Waals surface area contributed by atoms with Crippen LogP contribution in [-0.4, -0.2) is 53.0 Å². The summed E-state index contributed by atoms with van der Waals surface area (Å²) < 4.78 is 5.19. The number of carboxylic acid groups (broad SMARTS) is 1. The number of ether oxygens (including phenoxy) is 1. The SMILES string of the molecule is O=C(CNCC(=O)N1CCC[C@]1(C(=O)O)C1CCCCC1)OCc1ccccc1. The van der Waals surface area contributed by atoms with Crippen LogP contribution in [0.5, 0.6) is 0 Å². The monoisotopic (exact) mass is 402 g/mol. The van der Waals surface area contributed by atoms with Crippen molar-refractivity contribution < 1.29 is 24.2 Å². The number of likely N-dealkylation sites (tertiary alicyclic amines) is 1. The molecule has 1 amide bonds. The summed E-state index contributed by atoms with van der Waals surface area (Å²) in [7, 11) is 0. The van der Waals surface area contributed by atoms with Crippen LogP contribution in [0.2, 0.25) is 0 Å². The molecule has 0 radical (unpaired) electrons. The van der Waals surface area contributed by atoms with E-state index in [1.165, 1.54) is 0 Å². The summed E-state index contributed by atoms with van der Waals surface area (Å²) in [5.74, 6) is -1.58. The fourth-order valence-electron chi connectivity index (χ4n) is 4.75. The normalized spacial score (nSPS) is 22.4. The lowest BCUT2D eigenvalue weighted by Crippen LogP contribution is -2.59. The van der Waals surface area contributed by atoms with Crippen LogP contribution in [0.4, 0.5) is 0 Å². The number of carbonyl (C=O) groups is 3. The summed E-state index contributed by atoms with van der Waals surface area (Å²) in [6.07, 6.45) is 6.10. The van der Waals surface area contributed by atoms with Crippen molar-refractivity contribution in [1.29, 1.82) is 0 Å². The van der Waals surface area contributed by atoms with Crippen molar-refractivity contribution in [3.63, 3.8) is 0 Å². The molecule has 0 spiro atoms. The van der Waals surface area contributed by atoms with E-state index in [0.717, 1.165) is 37.7 Å². The predicted octanol–water partition coefficient (Wildman–Crippen LogP) is 2.35. The third-order valence-electron chi connectivity index (χ3n) is 6.16. The summed E-state index contributed by atoms with van der Waals surface area (Å²) >= 11 is 0. The minimum Gasteiger partial charge on any atom is -0.479 e. The molecule has 0 aromatic heterocycles. The minimum atomic E-state index is -1.09. The molecule has 1 atom stereocenters. The molecule has 7 heteroatoms. The molecule has 7 nitrogen and oxygen atoms in total. The van der Waals surface area contributed by atoms with Gasteiger partial charge in [0.1, 0.15) is 12.1 Å². The molecule has 2 fully saturated rings. The van der Waals surface area contributed by atoms with Gasteiger partial charge in [-0.05, 0) is 37.2 Å². The van der Waals surface area contributed by atoms with Gasteiger partial charge in [-0.3, -0.25) is 14.9 Å². The predicted molar refractivity (Wildman–Crippen MR) is 107 cm³/mol. The van der Waals surface area contributed by atoms with Gasteiger partial charge in [0, 0.05) is 6.54 Å². The van der Waals surface area contributed by atoms with Crippen molar-refractivity contribution in [1.82, 2.24) is 10.2 Å². The van der Waals surface area contributed by atoms with Crippen molar-refractivity contribution in [2.24, 2.45) is 5.92 Å². The fraction of sp³-hybridized carbons (Fsp3) is 0.591. The number of nitrogens with zero attached hydrogens (tertiary/aromatic N) is 1. The van der Waals surface area contributed by atoms with Gasteiger partial charge in [-0.1, -0.05) is 49.6 Å². The zero-order valence-electron chi connectivity index (χ0n) is 16.8. The first kappa shape index (κ1) is 21.3.